The van der Waals surface area contributed by atoms with Crippen LogP contribution in [0.3, 0.4) is 0 Å². The molecule has 0 fully saturated rings. The van der Waals surface area contributed by atoms with Crippen molar-refractivity contribution in [3.05, 3.63) is 34.4 Å². The molecule has 122 valence electrons. The summed E-state index contributed by atoms with van der Waals surface area (Å²) in [5.74, 6) is 0. The zero-order valence-corrected chi connectivity index (χ0v) is 14.8. The maximum Gasteiger partial charge on any atom is 0.0625 e. The highest BCUT2D eigenvalue weighted by Crippen LogP contribution is 2.11. The van der Waals surface area contributed by atoms with Crippen LogP contribution in [0.15, 0.2) is 6.07 Å². The Morgan fingerprint density at radius 1 is 1.09 bits per heavy atom. The molecule has 1 atom stereocenters. The standard InChI is InChI=1S/C17H29N5/c1-12-10-14(3)22(19-12)11-13(2)18-8-7-9-21-17(6)15(4)16(5)20-21/h10,13,18H,7-9,11H2,1-6H3/t13-/m1/s1. The number of nitrogens with one attached hydrogen (secondary N) is 1. The van der Waals surface area contributed by atoms with Crippen LogP contribution in [0.4, 0.5) is 0 Å². The molecule has 0 radical (unpaired) electrons. The molecule has 0 spiro atoms. The molecular weight excluding hydrogens is 274 g/mol. The molecule has 0 aromatic carbocycles. The molecule has 1 N–H and O–H groups in total. The van der Waals surface area contributed by atoms with E-state index in [0.717, 1.165) is 37.4 Å². The Bertz CT molecular complexity index is 623. The monoisotopic (exact) mass is 303 g/mol. The first-order valence-electron chi connectivity index (χ1n) is 8.13. The predicted octanol–water partition coefficient (Wildman–Crippen LogP) is 2.69. The first-order chi connectivity index (χ1) is 10.4. The highest BCUT2D eigenvalue weighted by molar-refractivity contribution is 5.22. The Kier molecular flexibility index (Phi) is 5.40. The van der Waals surface area contributed by atoms with Gasteiger partial charge in [-0.05, 0) is 66.1 Å². The van der Waals surface area contributed by atoms with Gasteiger partial charge < -0.3 is 5.32 Å². The summed E-state index contributed by atoms with van der Waals surface area (Å²) in [5.41, 5.74) is 6.05. The van der Waals surface area contributed by atoms with Crippen LogP contribution in [0.2, 0.25) is 0 Å². The van der Waals surface area contributed by atoms with Crippen molar-refractivity contribution in [1.82, 2.24) is 24.9 Å². The number of aryl methyl sites for hydroxylation is 4. The molecule has 0 saturated carbocycles. The summed E-state index contributed by atoms with van der Waals surface area (Å²) >= 11 is 0. The third-order valence-electron chi connectivity index (χ3n) is 4.33. The van der Waals surface area contributed by atoms with Gasteiger partial charge in [-0.2, -0.15) is 10.2 Å². The number of rotatable bonds is 7. The fraction of sp³-hybridized carbons (Fsp3) is 0.647. The smallest absolute Gasteiger partial charge is 0.0625 e. The average Bonchev–Trinajstić information content (AvgIpc) is 2.89. The van der Waals surface area contributed by atoms with Crippen LogP contribution in [-0.4, -0.2) is 32.1 Å². The third-order valence-corrected chi connectivity index (χ3v) is 4.33. The molecule has 0 amide bonds. The van der Waals surface area contributed by atoms with E-state index >= 15 is 0 Å². The molecule has 2 aromatic rings. The molecule has 2 heterocycles. The fourth-order valence-electron chi connectivity index (χ4n) is 2.77. The van der Waals surface area contributed by atoms with Crippen molar-refractivity contribution in [2.45, 2.75) is 67.1 Å². The van der Waals surface area contributed by atoms with E-state index in [1.165, 1.54) is 17.0 Å². The molecule has 2 aromatic heterocycles. The van der Waals surface area contributed by atoms with Gasteiger partial charge in [-0.15, -0.1) is 0 Å². The van der Waals surface area contributed by atoms with E-state index in [1.807, 2.05) is 6.92 Å². The second-order valence-electron chi connectivity index (χ2n) is 6.34. The Labute approximate surface area is 133 Å². The second-order valence-corrected chi connectivity index (χ2v) is 6.34. The van der Waals surface area contributed by atoms with Gasteiger partial charge in [0.05, 0.1) is 17.9 Å². The Balaban J connectivity index is 1.74. The highest BCUT2D eigenvalue weighted by Gasteiger charge is 2.08. The number of aromatic nitrogens is 4. The van der Waals surface area contributed by atoms with Gasteiger partial charge in [0.15, 0.2) is 0 Å². The number of hydrogen-bond donors (Lipinski definition) is 1. The van der Waals surface area contributed by atoms with Crippen LogP contribution in [0.5, 0.6) is 0 Å². The summed E-state index contributed by atoms with van der Waals surface area (Å²) in [6, 6.07) is 2.54. The maximum atomic E-state index is 4.58. The van der Waals surface area contributed by atoms with Gasteiger partial charge in [-0.3, -0.25) is 9.36 Å². The maximum absolute atomic E-state index is 4.58. The third kappa shape index (κ3) is 3.97. The van der Waals surface area contributed by atoms with Crippen molar-refractivity contribution in [2.75, 3.05) is 6.54 Å². The molecule has 5 heteroatoms. The van der Waals surface area contributed by atoms with E-state index in [4.69, 9.17) is 0 Å². The van der Waals surface area contributed by atoms with E-state index in [0.29, 0.717) is 6.04 Å². The molecule has 0 bridgehead atoms. The Morgan fingerprint density at radius 3 is 2.36 bits per heavy atom. The highest BCUT2D eigenvalue weighted by atomic mass is 15.3. The average molecular weight is 303 g/mol. The Morgan fingerprint density at radius 2 is 1.82 bits per heavy atom. The van der Waals surface area contributed by atoms with Gasteiger partial charge in [-0.25, -0.2) is 0 Å². The van der Waals surface area contributed by atoms with Crippen LogP contribution in [0, 0.1) is 34.6 Å². The van der Waals surface area contributed by atoms with Crippen molar-refractivity contribution >= 4 is 0 Å². The van der Waals surface area contributed by atoms with Crippen molar-refractivity contribution in [3.8, 4) is 0 Å². The van der Waals surface area contributed by atoms with Crippen molar-refractivity contribution in [1.29, 1.82) is 0 Å². The van der Waals surface area contributed by atoms with Crippen LogP contribution < -0.4 is 5.32 Å². The van der Waals surface area contributed by atoms with Crippen LogP contribution in [-0.2, 0) is 13.1 Å². The van der Waals surface area contributed by atoms with Gasteiger partial charge in [0.25, 0.3) is 0 Å². The summed E-state index contributed by atoms with van der Waals surface area (Å²) < 4.78 is 4.20. The first kappa shape index (κ1) is 16.7. The van der Waals surface area contributed by atoms with Gasteiger partial charge >= 0.3 is 0 Å². The van der Waals surface area contributed by atoms with Crippen LogP contribution in [0.1, 0.15) is 41.7 Å². The van der Waals surface area contributed by atoms with Gasteiger partial charge in [0, 0.05) is 24.0 Å². The minimum absolute atomic E-state index is 0.417. The Hall–Kier alpha value is -1.62. The van der Waals surface area contributed by atoms with E-state index in [-0.39, 0.29) is 0 Å². The predicted molar refractivity (Wildman–Crippen MR) is 90.2 cm³/mol. The second kappa shape index (κ2) is 7.09. The zero-order chi connectivity index (χ0) is 16.3. The minimum atomic E-state index is 0.417. The van der Waals surface area contributed by atoms with Crippen LogP contribution in [0.25, 0.3) is 0 Å². The summed E-state index contributed by atoms with van der Waals surface area (Å²) in [6.07, 6.45) is 1.09. The topological polar surface area (TPSA) is 47.7 Å². The van der Waals surface area contributed by atoms with Gasteiger partial charge in [-0.1, -0.05) is 0 Å². The zero-order valence-electron chi connectivity index (χ0n) is 14.8. The SMILES string of the molecule is Cc1cc(C)n(C[C@@H](C)NCCCn2nc(C)c(C)c2C)n1. The lowest BCUT2D eigenvalue weighted by Crippen LogP contribution is -2.32. The molecular formula is C17H29N5. The summed E-state index contributed by atoms with van der Waals surface area (Å²) in [7, 11) is 0. The molecule has 2 rings (SSSR count). The molecule has 22 heavy (non-hydrogen) atoms. The lowest BCUT2D eigenvalue weighted by Gasteiger charge is -2.15. The van der Waals surface area contributed by atoms with E-state index in [9.17, 15) is 0 Å². The minimum Gasteiger partial charge on any atom is -0.312 e. The normalized spacial score (nSPS) is 12.8. The molecule has 0 aliphatic heterocycles. The van der Waals surface area contributed by atoms with E-state index < -0.39 is 0 Å². The summed E-state index contributed by atoms with van der Waals surface area (Å²) in [5, 5.41) is 12.7. The lowest BCUT2D eigenvalue weighted by atomic mass is 10.2. The van der Waals surface area contributed by atoms with Gasteiger partial charge in [0.2, 0.25) is 0 Å². The lowest BCUT2D eigenvalue weighted by molar-refractivity contribution is 0.429. The molecule has 0 aliphatic carbocycles. The van der Waals surface area contributed by atoms with Crippen LogP contribution >= 0.6 is 0 Å². The summed E-state index contributed by atoms with van der Waals surface area (Å²) in [4.78, 5) is 0. The fourth-order valence-corrected chi connectivity index (χ4v) is 2.77. The van der Waals surface area contributed by atoms with Crippen molar-refractivity contribution in [3.63, 3.8) is 0 Å². The van der Waals surface area contributed by atoms with E-state index in [2.05, 4.69) is 65.6 Å². The molecule has 0 saturated heterocycles. The number of hydrogen-bond acceptors (Lipinski definition) is 3. The largest absolute Gasteiger partial charge is 0.312 e. The van der Waals surface area contributed by atoms with Crippen molar-refractivity contribution < 1.29 is 0 Å². The van der Waals surface area contributed by atoms with E-state index in [1.54, 1.807) is 0 Å². The molecule has 5 nitrogen and oxygen atoms in total. The first-order valence-corrected chi connectivity index (χ1v) is 8.13. The van der Waals surface area contributed by atoms with Crippen molar-refractivity contribution in [2.24, 2.45) is 0 Å². The quantitative estimate of drug-likeness (QED) is 0.800. The molecule has 0 aliphatic rings. The molecule has 0 unspecified atom stereocenters. The summed E-state index contributed by atoms with van der Waals surface area (Å²) in [6.45, 7) is 15.6. The van der Waals surface area contributed by atoms with Gasteiger partial charge in [0.1, 0.15) is 0 Å². The number of nitrogens with zero attached hydrogens (tertiary/aromatic N) is 4.